The van der Waals surface area contributed by atoms with Gasteiger partial charge >= 0.3 is 0 Å². The summed E-state index contributed by atoms with van der Waals surface area (Å²) in [6, 6.07) is 11.4. The van der Waals surface area contributed by atoms with E-state index in [9.17, 15) is 4.79 Å². The van der Waals surface area contributed by atoms with Crippen LogP contribution in [-0.4, -0.2) is 45.5 Å². The summed E-state index contributed by atoms with van der Waals surface area (Å²) in [7, 11) is 1.61. The smallest absolute Gasteiger partial charge is 0.254 e. The standard InChI is InChI=1S/C22H24N4O2/c1-28-20-6-2-4-18(14-20)22(27)26-12-3-5-19(16-26)21-24-11-13-25(21)15-17-7-9-23-10-8-17/h2,4,6-11,13-14,19H,3,5,12,15-16H2,1H3. The van der Waals surface area contributed by atoms with Gasteiger partial charge in [0.1, 0.15) is 11.6 Å². The van der Waals surface area contributed by atoms with E-state index in [0.29, 0.717) is 17.9 Å². The first-order valence-corrected chi connectivity index (χ1v) is 9.58. The fourth-order valence-electron chi connectivity index (χ4n) is 3.81. The van der Waals surface area contributed by atoms with Gasteiger partial charge in [0.25, 0.3) is 5.91 Å². The van der Waals surface area contributed by atoms with Gasteiger partial charge in [0.15, 0.2) is 0 Å². The van der Waals surface area contributed by atoms with E-state index >= 15 is 0 Å². The van der Waals surface area contributed by atoms with Gasteiger partial charge < -0.3 is 14.2 Å². The summed E-state index contributed by atoms with van der Waals surface area (Å²) >= 11 is 0. The van der Waals surface area contributed by atoms with Crippen molar-refractivity contribution < 1.29 is 9.53 Å². The molecule has 6 nitrogen and oxygen atoms in total. The predicted molar refractivity (Wildman–Crippen MR) is 106 cm³/mol. The average Bonchev–Trinajstić information content (AvgIpc) is 3.22. The Morgan fingerprint density at radius 1 is 1.21 bits per heavy atom. The number of benzene rings is 1. The number of carbonyl (C=O) groups excluding carboxylic acids is 1. The fraction of sp³-hybridized carbons (Fsp3) is 0.318. The largest absolute Gasteiger partial charge is 0.497 e. The van der Waals surface area contributed by atoms with Gasteiger partial charge in [-0.25, -0.2) is 4.98 Å². The van der Waals surface area contributed by atoms with Crippen molar-refractivity contribution in [3.8, 4) is 5.75 Å². The van der Waals surface area contributed by atoms with E-state index in [1.54, 1.807) is 25.6 Å². The Morgan fingerprint density at radius 3 is 2.89 bits per heavy atom. The van der Waals surface area contributed by atoms with Gasteiger partial charge in [-0.1, -0.05) is 6.07 Å². The molecule has 2 aromatic heterocycles. The van der Waals surface area contributed by atoms with Crippen molar-refractivity contribution in [2.24, 2.45) is 0 Å². The third kappa shape index (κ3) is 3.91. The molecule has 28 heavy (non-hydrogen) atoms. The zero-order chi connectivity index (χ0) is 19.3. The molecule has 3 heterocycles. The number of aromatic nitrogens is 3. The van der Waals surface area contributed by atoms with Crippen LogP contribution >= 0.6 is 0 Å². The van der Waals surface area contributed by atoms with Crippen LogP contribution < -0.4 is 4.74 Å². The molecule has 1 unspecified atom stereocenters. The average molecular weight is 376 g/mol. The Hall–Kier alpha value is -3.15. The van der Waals surface area contributed by atoms with Gasteiger partial charge in [0.2, 0.25) is 0 Å². The van der Waals surface area contributed by atoms with E-state index in [4.69, 9.17) is 4.74 Å². The Morgan fingerprint density at radius 2 is 2.07 bits per heavy atom. The van der Waals surface area contributed by atoms with Crippen molar-refractivity contribution in [2.45, 2.75) is 25.3 Å². The lowest BCUT2D eigenvalue weighted by Crippen LogP contribution is -2.39. The number of imidazole rings is 1. The van der Waals surface area contributed by atoms with Crippen LogP contribution in [0.25, 0.3) is 0 Å². The maximum Gasteiger partial charge on any atom is 0.254 e. The number of hydrogen-bond acceptors (Lipinski definition) is 4. The van der Waals surface area contributed by atoms with Gasteiger partial charge in [0.05, 0.1) is 7.11 Å². The predicted octanol–water partition coefficient (Wildman–Crippen LogP) is 3.35. The van der Waals surface area contributed by atoms with E-state index in [2.05, 4.69) is 14.5 Å². The highest BCUT2D eigenvalue weighted by atomic mass is 16.5. The molecule has 0 aliphatic carbocycles. The molecule has 0 saturated carbocycles. The Bertz CT molecular complexity index is 938. The van der Waals surface area contributed by atoms with Gasteiger partial charge in [-0.15, -0.1) is 0 Å². The summed E-state index contributed by atoms with van der Waals surface area (Å²) in [5, 5.41) is 0. The molecule has 1 fully saturated rings. The monoisotopic (exact) mass is 376 g/mol. The van der Waals surface area contributed by atoms with Crippen LogP contribution in [0.1, 0.15) is 40.5 Å². The molecule has 144 valence electrons. The summed E-state index contributed by atoms with van der Waals surface area (Å²) in [6.45, 7) is 2.22. The van der Waals surface area contributed by atoms with E-state index in [1.165, 1.54) is 5.56 Å². The number of hydrogen-bond donors (Lipinski definition) is 0. The molecule has 3 aromatic rings. The van der Waals surface area contributed by atoms with Crippen LogP contribution in [0.4, 0.5) is 0 Å². The molecule has 6 heteroatoms. The molecule has 0 radical (unpaired) electrons. The quantitative estimate of drug-likeness (QED) is 0.685. The minimum atomic E-state index is 0.0517. The molecular weight excluding hydrogens is 352 g/mol. The number of carbonyl (C=O) groups is 1. The lowest BCUT2D eigenvalue weighted by molar-refractivity contribution is 0.0703. The lowest BCUT2D eigenvalue weighted by atomic mass is 9.96. The molecular formula is C22H24N4O2. The SMILES string of the molecule is COc1cccc(C(=O)N2CCCC(c3nccn3Cc3ccncc3)C2)c1. The number of rotatable bonds is 5. The molecule has 4 rings (SSSR count). The van der Waals surface area contributed by atoms with Crippen LogP contribution in [0.5, 0.6) is 5.75 Å². The summed E-state index contributed by atoms with van der Waals surface area (Å²) in [4.78, 5) is 23.6. The molecule has 1 amide bonds. The van der Waals surface area contributed by atoms with Crippen LogP contribution in [0.15, 0.2) is 61.2 Å². The number of piperidine rings is 1. The van der Waals surface area contributed by atoms with Crippen LogP contribution in [-0.2, 0) is 6.54 Å². The van der Waals surface area contributed by atoms with Crippen molar-refractivity contribution in [1.82, 2.24) is 19.4 Å². The highest BCUT2D eigenvalue weighted by molar-refractivity contribution is 5.94. The lowest BCUT2D eigenvalue weighted by Gasteiger charge is -2.33. The van der Waals surface area contributed by atoms with Gasteiger partial charge in [-0.2, -0.15) is 0 Å². The van der Waals surface area contributed by atoms with Crippen molar-refractivity contribution in [1.29, 1.82) is 0 Å². The van der Waals surface area contributed by atoms with Crippen LogP contribution in [0.2, 0.25) is 0 Å². The molecule has 0 bridgehead atoms. The number of likely N-dealkylation sites (tertiary alicyclic amines) is 1. The number of pyridine rings is 1. The number of amides is 1. The molecule has 1 atom stereocenters. The first-order valence-electron chi connectivity index (χ1n) is 9.58. The van der Waals surface area contributed by atoms with Crippen molar-refractivity contribution in [2.75, 3.05) is 20.2 Å². The first-order chi connectivity index (χ1) is 13.7. The zero-order valence-electron chi connectivity index (χ0n) is 16.0. The van der Waals surface area contributed by atoms with E-state index in [-0.39, 0.29) is 11.8 Å². The molecule has 1 aliphatic rings. The Labute approximate surface area is 164 Å². The zero-order valence-corrected chi connectivity index (χ0v) is 16.0. The number of methoxy groups -OCH3 is 1. The summed E-state index contributed by atoms with van der Waals surface area (Å²) < 4.78 is 7.44. The van der Waals surface area contributed by atoms with Crippen molar-refractivity contribution in [3.05, 3.63) is 78.1 Å². The van der Waals surface area contributed by atoms with Crippen molar-refractivity contribution >= 4 is 5.91 Å². The number of nitrogens with zero attached hydrogens (tertiary/aromatic N) is 4. The highest BCUT2D eigenvalue weighted by Crippen LogP contribution is 2.27. The Balaban J connectivity index is 1.50. The molecule has 1 aliphatic heterocycles. The maximum absolute atomic E-state index is 13.0. The van der Waals surface area contributed by atoms with Gasteiger partial charge in [-0.05, 0) is 48.7 Å². The van der Waals surface area contributed by atoms with E-state index in [1.807, 2.05) is 47.6 Å². The second-order valence-electron chi connectivity index (χ2n) is 7.09. The minimum absolute atomic E-state index is 0.0517. The van der Waals surface area contributed by atoms with Crippen molar-refractivity contribution in [3.63, 3.8) is 0 Å². The minimum Gasteiger partial charge on any atom is -0.497 e. The van der Waals surface area contributed by atoms with Gasteiger partial charge in [-0.3, -0.25) is 9.78 Å². The van der Waals surface area contributed by atoms with Crippen LogP contribution in [0.3, 0.4) is 0 Å². The summed E-state index contributed by atoms with van der Waals surface area (Å²) in [5.74, 6) is 2.03. The Kier molecular flexibility index (Phi) is 5.37. The molecule has 1 aromatic carbocycles. The van der Waals surface area contributed by atoms with E-state index in [0.717, 1.165) is 31.8 Å². The van der Waals surface area contributed by atoms with Crippen LogP contribution in [0, 0.1) is 0 Å². The highest BCUT2D eigenvalue weighted by Gasteiger charge is 2.28. The number of ether oxygens (including phenoxy) is 1. The van der Waals surface area contributed by atoms with Gasteiger partial charge in [0, 0.05) is 55.9 Å². The normalized spacial score (nSPS) is 16.8. The topological polar surface area (TPSA) is 60.2 Å². The summed E-state index contributed by atoms with van der Waals surface area (Å²) in [5.41, 5.74) is 1.86. The second-order valence-corrected chi connectivity index (χ2v) is 7.09. The first kappa shape index (κ1) is 18.2. The maximum atomic E-state index is 13.0. The third-order valence-corrected chi connectivity index (χ3v) is 5.24. The van der Waals surface area contributed by atoms with E-state index < -0.39 is 0 Å². The summed E-state index contributed by atoms with van der Waals surface area (Å²) in [6.07, 6.45) is 9.48. The second kappa shape index (κ2) is 8.25. The fourth-order valence-corrected chi connectivity index (χ4v) is 3.81. The molecule has 0 spiro atoms. The third-order valence-electron chi connectivity index (χ3n) is 5.24. The molecule has 0 N–H and O–H groups in total. The molecule has 1 saturated heterocycles.